The van der Waals surface area contributed by atoms with Gasteiger partial charge in [0.05, 0.1) is 0 Å². The van der Waals surface area contributed by atoms with Crippen LogP contribution >= 0.6 is 11.3 Å². The zero-order chi connectivity index (χ0) is 13.8. The molecule has 0 bridgehead atoms. The van der Waals surface area contributed by atoms with Crippen LogP contribution in [0.2, 0.25) is 0 Å². The highest BCUT2D eigenvalue weighted by molar-refractivity contribution is 7.07. The van der Waals surface area contributed by atoms with Crippen molar-refractivity contribution in [2.45, 2.75) is 32.0 Å². The van der Waals surface area contributed by atoms with E-state index in [9.17, 15) is 4.79 Å². The van der Waals surface area contributed by atoms with Gasteiger partial charge >= 0.3 is 6.03 Å². The summed E-state index contributed by atoms with van der Waals surface area (Å²) in [7, 11) is 0. The fourth-order valence-electron chi connectivity index (χ4n) is 2.24. The largest absolute Gasteiger partial charge is 0.353 e. The Morgan fingerprint density at radius 3 is 2.85 bits per heavy atom. The number of carbonyl (C=O) groups excluding carboxylic acids is 1. The third-order valence-electron chi connectivity index (χ3n) is 3.49. The van der Waals surface area contributed by atoms with Gasteiger partial charge in [-0.3, -0.25) is 0 Å². The van der Waals surface area contributed by atoms with Gasteiger partial charge in [0.15, 0.2) is 0 Å². The number of hydrogen-bond acceptors (Lipinski definition) is 2. The molecule has 106 valence electrons. The van der Waals surface area contributed by atoms with E-state index in [1.165, 1.54) is 5.56 Å². The van der Waals surface area contributed by atoms with Gasteiger partial charge in [-0.05, 0) is 47.4 Å². The van der Waals surface area contributed by atoms with E-state index in [4.69, 9.17) is 0 Å². The van der Waals surface area contributed by atoms with Crippen LogP contribution in [0.4, 0.5) is 4.79 Å². The number of nitrogens with zero attached hydrogens (tertiary/aromatic N) is 2. The summed E-state index contributed by atoms with van der Waals surface area (Å²) in [5.41, 5.74) is 1.22. The topological polar surface area (TPSA) is 37.3 Å². The summed E-state index contributed by atoms with van der Waals surface area (Å²) in [6.07, 6.45) is 6.29. The summed E-state index contributed by atoms with van der Waals surface area (Å²) in [5, 5.41) is 7.20. The highest BCUT2D eigenvalue weighted by Gasteiger charge is 2.32. The molecule has 0 spiro atoms. The average molecular weight is 289 g/mol. The van der Waals surface area contributed by atoms with Gasteiger partial charge in [0, 0.05) is 38.1 Å². The molecule has 3 rings (SSSR count). The van der Waals surface area contributed by atoms with Crippen LogP contribution in [0.1, 0.15) is 18.4 Å². The smallest absolute Gasteiger partial charge is 0.318 e. The van der Waals surface area contributed by atoms with Gasteiger partial charge in [0.2, 0.25) is 0 Å². The molecule has 0 unspecified atom stereocenters. The summed E-state index contributed by atoms with van der Waals surface area (Å²) in [6, 6.07) is 6.57. The third-order valence-corrected chi connectivity index (χ3v) is 4.23. The second-order valence-electron chi connectivity index (χ2n) is 5.14. The summed E-state index contributed by atoms with van der Waals surface area (Å²) < 4.78 is 2.07. The molecule has 2 aromatic heterocycles. The number of hydrogen-bond donors (Lipinski definition) is 1. The standard InChI is InChI=1S/C15H19N3OS/c19-15(16-6-9-17-7-1-2-8-17)18(14-3-4-14)11-13-5-10-20-12-13/h1-2,5,7-8,10,12,14H,3-4,6,9,11H2,(H,16,19). The van der Waals surface area contributed by atoms with Crippen molar-refractivity contribution in [1.29, 1.82) is 0 Å². The fraction of sp³-hybridized carbons (Fsp3) is 0.400. The van der Waals surface area contributed by atoms with Gasteiger partial charge in [-0.2, -0.15) is 11.3 Å². The molecule has 0 atom stereocenters. The summed E-state index contributed by atoms with van der Waals surface area (Å²) >= 11 is 1.68. The zero-order valence-corrected chi connectivity index (χ0v) is 12.2. The van der Waals surface area contributed by atoms with E-state index in [1.54, 1.807) is 11.3 Å². The first kappa shape index (κ1) is 13.2. The quantitative estimate of drug-likeness (QED) is 0.872. The number of aromatic nitrogens is 1. The molecule has 2 amide bonds. The lowest BCUT2D eigenvalue weighted by molar-refractivity contribution is 0.191. The number of urea groups is 1. The molecule has 1 N–H and O–H groups in total. The Balaban J connectivity index is 1.50. The minimum Gasteiger partial charge on any atom is -0.353 e. The highest BCUT2D eigenvalue weighted by atomic mass is 32.1. The Kier molecular flexibility index (Phi) is 4.06. The van der Waals surface area contributed by atoms with Crippen molar-refractivity contribution in [3.63, 3.8) is 0 Å². The Labute approximate surface area is 123 Å². The molecule has 4 nitrogen and oxygen atoms in total. The molecule has 20 heavy (non-hydrogen) atoms. The molecule has 2 heterocycles. The van der Waals surface area contributed by atoms with E-state index in [2.05, 4.69) is 26.7 Å². The average Bonchev–Trinajstić information content (AvgIpc) is 2.93. The predicted molar refractivity (Wildman–Crippen MR) is 80.7 cm³/mol. The zero-order valence-electron chi connectivity index (χ0n) is 11.4. The number of thiophene rings is 1. The molecule has 1 saturated carbocycles. The van der Waals surface area contributed by atoms with Crippen LogP contribution in [0.15, 0.2) is 41.4 Å². The molecule has 1 aliphatic rings. The number of amides is 2. The maximum atomic E-state index is 12.3. The van der Waals surface area contributed by atoms with E-state index in [-0.39, 0.29) is 6.03 Å². The lowest BCUT2D eigenvalue weighted by Gasteiger charge is -2.22. The second kappa shape index (κ2) is 6.13. The highest BCUT2D eigenvalue weighted by Crippen LogP contribution is 2.28. The van der Waals surface area contributed by atoms with E-state index in [0.29, 0.717) is 12.6 Å². The van der Waals surface area contributed by atoms with Crippen LogP contribution < -0.4 is 5.32 Å². The molecule has 0 aliphatic heterocycles. The van der Waals surface area contributed by atoms with Crippen molar-refractivity contribution in [3.05, 3.63) is 46.9 Å². The molecular formula is C15H19N3OS. The van der Waals surface area contributed by atoms with Crippen molar-refractivity contribution in [2.24, 2.45) is 0 Å². The van der Waals surface area contributed by atoms with Crippen LogP contribution in [-0.2, 0) is 13.1 Å². The van der Waals surface area contributed by atoms with Crippen LogP contribution in [0, 0.1) is 0 Å². The molecule has 0 saturated heterocycles. The van der Waals surface area contributed by atoms with Crippen molar-refractivity contribution < 1.29 is 4.79 Å². The minimum atomic E-state index is 0.0610. The first-order chi connectivity index (χ1) is 9.83. The third kappa shape index (κ3) is 3.42. The first-order valence-corrected chi connectivity index (χ1v) is 7.93. The Hall–Kier alpha value is -1.75. The fourth-order valence-corrected chi connectivity index (χ4v) is 2.90. The Bertz CT molecular complexity index is 531. The Morgan fingerprint density at radius 2 is 2.20 bits per heavy atom. The predicted octanol–water partition coefficient (Wildman–Crippen LogP) is 2.92. The summed E-state index contributed by atoms with van der Waals surface area (Å²) in [6.45, 7) is 2.21. The van der Waals surface area contributed by atoms with Crippen molar-refractivity contribution >= 4 is 17.4 Å². The monoisotopic (exact) mass is 289 g/mol. The first-order valence-electron chi connectivity index (χ1n) is 6.99. The lowest BCUT2D eigenvalue weighted by atomic mass is 10.3. The molecule has 0 aromatic carbocycles. The van der Waals surface area contributed by atoms with E-state index in [1.807, 2.05) is 29.4 Å². The Morgan fingerprint density at radius 1 is 1.40 bits per heavy atom. The number of carbonyl (C=O) groups is 1. The van der Waals surface area contributed by atoms with Gasteiger partial charge in [0.25, 0.3) is 0 Å². The summed E-state index contributed by atoms with van der Waals surface area (Å²) in [4.78, 5) is 14.3. The van der Waals surface area contributed by atoms with Crippen molar-refractivity contribution in [2.75, 3.05) is 6.54 Å². The van der Waals surface area contributed by atoms with Gasteiger partial charge in [-0.1, -0.05) is 0 Å². The van der Waals surface area contributed by atoms with E-state index >= 15 is 0 Å². The van der Waals surface area contributed by atoms with Crippen LogP contribution in [-0.4, -0.2) is 28.1 Å². The number of nitrogens with one attached hydrogen (secondary N) is 1. The van der Waals surface area contributed by atoms with E-state index < -0.39 is 0 Å². The SMILES string of the molecule is O=C(NCCn1cccc1)N(Cc1ccsc1)C1CC1. The molecule has 1 aliphatic carbocycles. The maximum Gasteiger partial charge on any atom is 0.318 e. The lowest BCUT2D eigenvalue weighted by Crippen LogP contribution is -2.41. The maximum absolute atomic E-state index is 12.3. The normalized spacial score (nSPS) is 14.2. The summed E-state index contributed by atoms with van der Waals surface area (Å²) in [5.74, 6) is 0. The molecule has 2 aromatic rings. The van der Waals surface area contributed by atoms with Gasteiger partial charge < -0.3 is 14.8 Å². The van der Waals surface area contributed by atoms with Crippen LogP contribution in [0.3, 0.4) is 0 Å². The number of rotatable bonds is 6. The molecule has 5 heteroatoms. The molecular weight excluding hydrogens is 270 g/mol. The minimum absolute atomic E-state index is 0.0610. The van der Waals surface area contributed by atoms with Crippen LogP contribution in [0.25, 0.3) is 0 Å². The second-order valence-corrected chi connectivity index (χ2v) is 5.92. The molecule has 1 fully saturated rings. The van der Waals surface area contributed by atoms with Crippen LogP contribution in [0.5, 0.6) is 0 Å². The van der Waals surface area contributed by atoms with Crippen molar-refractivity contribution in [3.8, 4) is 0 Å². The van der Waals surface area contributed by atoms with Gasteiger partial charge in [-0.25, -0.2) is 4.79 Å². The van der Waals surface area contributed by atoms with Gasteiger partial charge in [0.1, 0.15) is 0 Å². The van der Waals surface area contributed by atoms with Crippen molar-refractivity contribution in [1.82, 2.24) is 14.8 Å². The molecule has 0 radical (unpaired) electrons. The van der Waals surface area contributed by atoms with E-state index in [0.717, 1.165) is 25.9 Å². The van der Waals surface area contributed by atoms with Gasteiger partial charge in [-0.15, -0.1) is 0 Å².